The van der Waals surface area contributed by atoms with Crippen LogP contribution >= 0.6 is 0 Å². The number of hydrogen-bond acceptors (Lipinski definition) is 3. The Morgan fingerprint density at radius 1 is 1.36 bits per heavy atom. The van der Waals surface area contributed by atoms with Crippen LogP contribution in [-0.2, 0) is 13.1 Å². The monoisotopic (exact) mass is 293 g/mol. The predicted molar refractivity (Wildman–Crippen MR) is 85.4 cm³/mol. The Kier molecular flexibility index (Phi) is 3.94. The third-order valence-corrected chi connectivity index (χ3v) is 3.74. The zero-order valence-corrected chi connectivity index (χ0v) is 12.8. The highest BCUT2D eigenvalue weighted by atomic mass is 15.3. The summed E-state index contributed by atoms with van der Waals surface area (Å²) in [5.41, 5.74) is 3.89. The second-order valence-electron chi connectivity index (χ2n) is 5.66. The van der Waals surface area contributed by atoms with Crippen LogP contribution in [0.1, 0.15) is 23.6 Å². The number of rotatable bonds is 5. The van der Waals surface area contributed by atoms with Crippen molar-refractivity contribution in [1.82, 2.24) is 19.5 Å². The first kappa shape index (κ1) is 14.4. The number of pyridine rings is 1. The number of aromatic nitrogens is 3. The number of fused-ring (bicyclic) bond motifs is 1. The van der Waals surface area contributed by atoms with E-state index in [1.165, 1.54) is 0 Å². The van der Waals surface area contributed by atoms with E-state index in [4.69, 9.17) is 0 Å². The topological polar surface area (TPSA) is 58.1 Å². The molecule has 5 nitrogen and oxygen atoms in total. The van der Waals surface area contributed by atoms with Crippen LogP contribution in [0, 0.1) is 18.3 Å². The Hall–Kier alpha value is -2.58. The number of nitrogens with one attached hydrogen (secondary N) is 1. The molecule has 0 radical (unpaired) electrons. The molecule has 0 aliphatic carbocycles. The molecule has 5 heteroatoms. The summed E-state index contributed by atoms with van der Waals surface area (Å²) in [5, 5.41) is 17.2. The fraction of sp³-hybridized carbons (Fsp3) is 0.294. The zero-order valence-electron chi connectivity index (χ0n) is 12.8. The predicted octanol–water partition coefficient (Wildman–Crippen LogP) is 2.49. The van der Waals surface area contributed by atoms with E-state index in [0.717, 1.165) is 28.8 Å². The molecule has 3 aromatic rings. The van der Waals surface area contributed by atoms with Crippen LogP contribution in [0.15, 0.2) is 43.0 Å². The number of nitriles is 1. The van der Waals surface area contributed by atoms with Gasteiger partial charge in [0.2, 0.25) is 0 Å². The summed E-state index contributed by atoms with van der Waals surface area (Å²) in [4.78, 5) is 0. The summed E-state index contributed by atoms with van der Waals surface area (Å²) in [6, 6.07) is 8.48. The maximum absolute atomic E-state index is 9.40. The highest BCUT2D eigenvalue weighted by molar-refractivity contribution is 5.65. The van der Waals surface area contributed by atoms with Crippen molar-refractivity contribution in [2.75, 3.05) is 0 Å². The molecule has 0 amide bonds. The van der Waals surface area contributed by atoms with Crippen LogP contribution < -0.4 is 5.32 Å². The van der Waals surface area contributed by atoms with Gasteiger partial charge in [0.05, 0.1) is 23.8 Å². The van der Waals surface area contributed by atoms with E-state index in [-0.39, 0.29) is 6.04 Å². The van der Waals surface area contributed by atoms with E-state index in [1.54, 1.807) is 0 Å². The fourth-order valence-corrected chi connectivity index (χ4v) is 2.64. The van der Waals surface area contributed by atoms with Gasteiger partial charge < -0.3 is 9.72 Å². The standard InChI is InChI=1S/C17H19N5/c1-13-8-20-22(10-13)11-14(2)19-9-15-12-21-6-4-3-5-17(21)16(15)7-18/h3-6,8,10,12,14,19H,9,11H2,1-2H3/t14-/m0/s1. The van der Waals surface area contributed by atoms with Crippen LogP contribution in [0.5, 0.6) is 0 Å². The summed E-state index contributed by atoms with van der Waals surface area (Å²) in [5.74, 6) is 0. The van der Waals surface area contributed by atoms with Crippen molar-refractivity contribution in [1.29, 1.82) is 5.26 Å². The highest BCUT2D eigenvalue weighted by Gasteiger charge is 2.11. The molecule has 3 rings (SSSR count). The van der Waals surface area contributed by atoms with Crippen LogP contribution in [0.2, 0.25) is 0 Å². The van der Waals surface area contributed by atoms with Crippen molar-refractivity contribution in [2.24, 2.45) is 0 Å². The molecule has 0 aromatic carbocycles. The van der Waals surface area contributed by atoms with Gasteiger partial charge in [-0.25, -0.2) is 0 Å². The third-order valence-electron chi connectivity index (χ3n) is 3.74. The van der Waals surface area contributed by atoms with Gasteiger partial charge in [0.15, 0.2) is 0 Å². The molecule has 3 heterocycles. The maximum atomic E-state index is 9.40. The lowest BCUT2D eigenvalue weighted by Crippen LogP contribution is -2.30. The minimum absolute atomic E-state index is 0.272. The van der Waals surface area contributed by atoms with Crippen LogP contribution in [-0.4, -0.2) is 20.2 Å². The van der Waals surface area contributed by atoms with Gasteiger partial charge in [-0.15, -0.1) is 0 Å². The largest absolute Gasteiger partial charge is 0.322 e. The second kappa shape index (κ2) is 6.04. The lowest BCUT2D eigenvalue weighted by atomic mass is 10.1. The van der Waals surface area contributed by atoms with Crippen molar-refractivity contribution in [3.8, 4) is 6.07 Å². The van der Waals surface area contributed by atoms with Crippen molar-refractivity contribution in [3.63, 3.8) is 0 Å². The molecule has 0 unspecified atom stereocenters. The summed E-state index contributed by atoms with van der Waals surface area (Å²) >= 11 is 0. The fourth-order valence-electron chi connectivity index (χ4n) is 2.64. The van der Waals surface area contributed by atoms with Crippen molar-refractivity contribution < 1.29 is 0 Å². The minimum Gasteiger partial charge on any atom is -0.322 e. The molecule has 0 aliphatic heterocycles. The minimum atomic E-state index is 0.272. The van der Waals surface area contributed by atoms with Crippen LogP contribution in [0.3, 0.4) is 0 Å². The van der Waals surface area contributed by atoms with E-state index >= 15 is 0 Å². The molecule has 0 spiro atoms. The maximum Gasteiger partial charge on any atom is 0.102 e. The summed E-state index contributed by atoms with van der Waals surface area (Å²) in [7, 11) is 0. The Morgan fingerprint density at radius 3 is 2.95 bits per heavy atom. The molecule has 0 fully saturated rings. The molecule has 1 N–H and O–H groups in total. The normalized spacial score (nSPS) is 12.4. The zero-order chi connectivity index (χ0) is 15.5. The molecule has 1 atom stereocenters. The van der Waals surface area contributed by atoms with Crippen molar-refractivity contribution >= 4 is 5.52 Å². The quantitative estimate of drug-likeness (QED) is 0.786. The molecule has 3 aromatic heterocycles. The Bertz CT molecular complexity index is 821. The molecule has 0 saturated carbocycles. The van der Waals surface area contributed by atoms with Gasteiger partial charge in [-0.05, 0) is 31.5 Å². The Balaban J connectivity index is 1.70. The number of aryl methyl sites for hydroxylation is 1. The molecular formula is C17H19N5. The van der Waals surface area contributed by atoms with Gasteiger partial charge in [-0.2, -0.15) is 10.4 Å². The van der Waals surface area contributed by atoms with E-state index < -0.39 is 0 Å². The van der Waals surface area contributed by atoms with Crippen LogP contribution in [0.25, 0.3) is 5.52 Å². The third kappa shape index (κ3) is 2.87. The lowest BCUT2D eigenvalue weighted by molar-refractivity contribution is 0.450. The summed E-state index contributed by atoms with van der Waals surface area (Å²) in [6.45, 7) is 5.64. The van der Waals surface area contributed by atoms with E-state index in [0.29, 0.717) is 6.54 Å². The van der Waals surface area contributed by atoms with E-state index in [1.807, 2.05) is 59.0 Å². The second-order valence-corrected chi connectivity index (χ2v) is 5.66. The molecular weight excluding hydrogens is 274 g/mol. The van der Waals surface area contributed by atoms with Crippen molar-refractivity contribution in [3.05, 3.63) is 59.7 Å². The van der Waals surface area contributed by atoms with Crippen LogP contribution in [0.4, 0.5) is 0 Å². The molecule has 112 valence electrons. The number of nitrogens with zero attached hydrogens (tertiary/aromatic N) is 4. The van der Waals surface area contributed by atoms with Gasteiger partial charge in [0, 0.05) is 36.7 Å². The van der Waals surface area contributed by atoms with Crippen molar-refractivity contribution in [2.45, 2.75) is 33.0 Å². The first-order valence-electron chi connectivity index (χ1n) is 7.38. The van der Waals surface area contributed by atoms with Gasteiger partial charge >= 0.3 is 0 Å². The molecule has 0 bridgehead atoms. The van der Waals surface area contributed by atoms with Gasteiger partial charge in [0.25, 0.3) is 0 Å². The lowest BCUT2D eigenvalue weighted by Gasteiger charge is -2.13. The first-order chi connectivity index (χ1) is 10.7. The SMILES string of the molecule is Cc1cnn(C[C@H](C)NCc2cn3ccccc3c2C#N)c1. The average molecular weight is 293 g/mol. The van der Waals surface area contributed by atoms with E-state index in [2.05, 4.69) is 23.4 Å². The number of hydrogen-bond donors (Lipinski definition) is 1. The summed E-state index contributed by atoms with van der Waals surface area (Å²) in [6.07, 6.45) is 7.88. The smallest absolute Gasteiger partial charge is 0.102 e. The molecule has 22 heavy (non-hydrogen) atoms. The highest BCUT2D eigenvalue weighted by Crippen LogP contribution is 2.17. The summed E-state index contributed by atoms with van der Waals surface area (Å²) < 4.78 is 3.94. The average Bonchev–Trinajstić information content (AvgIpc) is 3.07. The molecule has 0 aliphatic rings. The Labute approximate surface area is 129 Å². The van der Waals surface area contributed by atoms with Gasteiger partial charge in [-0.1, -0.05) is 6.07 Å². The van der Waals surface area contributed by atoms with Gasteiger partial charge in [-0.3, -0.25) is 4.68 Å². The van der Waals surface area contributed by atoms with Gasteiger partial charge in [0.1, 0.15) is 6.07 Å². The van der Waals surface area contributed by atoms with E-state index in [9.17, 15) is 5.26 Å². The first-order valence-corrected chi connectivity index (χ1v) is 7.38. The Morgan fingerprint density at radius 2 is 2.23 bits per heavy atom. The molecule has 0 saturated heterocycles.